The average molecular weight is 272 g/mol. The predicted molar refractivity (Wildman–Crippen MR) is 76.8 cm³/mol. The van der Waals surface area contributed by atoms with E-state index in [0.29, 0.717) is 13.1 Å². The first-order chi connectivity index (χ1) is 9.58. The summed E-state index contributed by atoms with van der Waals surface area (Å²) in [6.07, 6.45) is 0. The second-order valence-corrected chi connectivity index (χ2v) is 4.36. The Bertz CT molecular complexity index is 655. The normalized spacial score (nSPS) is 10.2. The van der Waals surface area contributed by atoms with Gasteiger partial charge in [0.25, 0.3) is 0 Å². The molecular weight excluding hydrogens is 256 g/mol. The minimum Gasteiger partial charge on any atom is -0.352 e. The van der Waals surface area contributed by atoms with E-state index in [4.69, 9.17) is 11.5 Å². The van der Waals surface area contributed by atoms with Crippen LogP contribution in [0.15, 0.2) is 36.4 Å². The van der Waals surface area contributed by atoms with Crippen molar-refractivity contribution in [1.82, 2.24) is 10.6 Å². The first-order valence-electron chi connectivity index (χ1n) is 6.14. The highest BCUT2D eigenvalue weighted by molar-refractivity contribution is 5.87. The lowest BCUT2D eigenvalue weighted by molar-refractivity contribution is 0.247. The van der Waals surface area contributed by atoms with Crippen LogP contribution >= 0.6 is 0 Å². The van der Waals surface area contributed by atoms with Crippen molar-refractivity contribution < 1.29 is 9.59 Å². The first-order valence-corrected chi connectivity index (χ1v) is 6.14. The number of amides is 4. The van der Waals surface area contributed by atoms with Crippen LogP contribution < -0.4 is 22.1 Å². The van der Waals surface area contributed by atoms with Crippen LogP contribution in [-0.4, -0.2) is 12.1 Å². The summed E-state index contributed by atoms with van der Waals surface area (Å²) >= 11 is 0. The van der Waals surface area contributed by atoms with Crippen LogP contribution in [0.4, 0.5) is 9.59 Å². The first kappa shape index (κ1) is 13.7. The Labute approximate surface area is 116 Å². The van der Waals surface area contributed by atoms with Gasteiger partial charge in [0.15, 0.2) is 0 Å². The van der Waals surface area contributed by atoms with Crippen LogP contribution in [0.1, 0.15) is 11.1 Å². The Kier molecular flexibility index (Phi) is 4.05. The topological polar surface area (TPSA) is 110 Å². The number of nitrogens with one attached hydrogen (secondary N) is 2. The number of fused-ring (bicyclic) bond motifs is 1. The number of benzene rings is 2. The highest BCUT2D eigenvalue weighted by atomic mass is 16.2. The number of primary amides is 2. The maximum Gasteiger partial charge on any atom is 0.312 e. The molecular formula is C14H16N4O2. The Morgan fingerprint density at radius 3 is 2.25 bits per heavy atom. The third kappa shape index (κ3) is 3.17. The zero-order chi connectivity index (χ0) is 14.5. The maximum atomic E-state index is 10.9. The number of carbonyl (C=O) groups is 2. The van der Waals surface area contributed by atoms with E-state index in [-0.39, 0.29) is 0 Å². The molecule has 0 aliphatic heterocycles. The lowest BCUT2D eigenvalue weighted by Crippen LogP contribution is -2.31. The number of carbonyl (C=O) groups excluding carboxylic acids is 2. The molecule has 6 nitrogen and oxygen atoms in total. The second kappa shape index (κ2) is 5.92. The zero-order valence-electron chi connectivity index (χ0n) is 10.8. The van der Waals surface area contributed by atoms with E-state index in [1.165, 1.54) is 0 Å². The van der Waals surface area contributed by atoms with Crippen LogP contribution in [0.2, 0.25) is 0 Å². The Morgan fingerprint density at radius 2 is 1.55 bits per heavy atom. The van der Waals surface area contributed by atoms with E-state index in [9.17, 15) is 9.59 Å². The van der Waals surface area contributed by atoms with E-state index in [1.807, 2.05) is 36.4 Å². The average Bonchev–Trinajstić information content (AvgIpc) is 2.42. The molecule has 2 aromatic rings. The van der Waals surface area contributed by atoms with Crippen molar-refractivity contribution in [2.24, 2.45) is 11.5 Å². The van der Waals surface area contributed by atoms with Gasteiger partial charge in [0, 0.05) is 13.1 Å². The molecule has 104 valence electrons. The molecule has 6 N–H and O–H groups in total. The molecule has 0 atom stereocenters. The van der Waals surface area contributed by atoms with Crippen molar-refractivity contribution in [3.05, 3.63) is 47.5 Å². The van der Waals surface area contributed by atoms with Crippen LogP contribution in [-0.2, 0) is 13.1 Å². The summed E-state index contributed by atoms with van der Waals surface area (Å²) in [5.74, 6) is 0. The summed E-state index contributed by atoms with van der Waals surface area (Å²) in [5.41, 5.74) is 12.0. The fourth-order valence-corrected chi connectivity index (χ4v) is 2.11. The van der Waals surface area contributed by atoms with Crippen molar-refractivity contribution in [3.63, 3.8) is 0 Å². The van der Waals surface area contributed by atoms with Crippen LogP contribution in [0, 0.1) is 0 Å². The number of urea groups is 2. The lowest BCUT2D eigenvalue weighted by atomic mass is 9.98. The summed E-state index contributed by atoms with van der Waals surface area (Å²) in [6, 6.07) is 10.5. The number of hydrogen-bond acceptors (Lipinski definition) is 2. The van der Waals surface area contributed by atoms with E-state index in [1.54, 1.807) is 0 Å². The molecule has 0 aliphatic carbocycles. The van der Waals surface area contributed by atoms with Crippen molar-refractivity contribution in [2.75, 3.05) is 0 Å². The molecule has 0 radical (unpaired) electrons. The fraction of sp³-hybridized carbons (Fsp3) is 0.143. The van der Waals surface area contributed by atoms with E-state index in [2.05, 4.69) is 10.6 Å². The Balaban J connectivity index is 2.41. The van der Waals surface area contributed by atoms with Gasteiger partial charge in [-0.2, -0.15) is 0 Å². The molecule has 0 fully saturated rings. The summed E-state index contributed by atoms with van der Waals surface area (Å²) in [5, 5.41) is 7.18. The molecule has 2 rings (SSSR count). The van der Waals surface area contributed by atoms with Gasteiger partial charge in [-0.15, -0.1) is 0 Å². The number of rotatable bonds is 4. The van der Waals surface area contributed by atoms with Gasteiger partial charge in [0.1, 0.15) is 0 Å². The van der Waals surface area contributed by atoms with E-state index >= 15 is 0 Å². The predicted octanol–water partition coefficient (Wildman–Crippen LogP) is 1.18. The van der Waals surface area contributed by atoms with Gasteiger partial charge in [-0.1, -0.05) is 36.4 Å². The molecule has 0 saturated heterocycles. The van der Waals surface area contributed by atoms with Crippen LogP contribution in [0.25, 0.3) is 10.8 Å². The number of nitrogens with two attached hydrogens (primary N) is 2. The molecule has 0 bridgehead atoms. The van der Waals surface area contributed by atoms with Gasteiger partial charge in [-0.05, 0) is 21.9 Å². The second-order valence-electron chi connectivity index (χ2n) is 4.36. The molecule has 0 saturated carbocycles. The van der Waals surface area contributed by atoms with Crippen molar-refractivity contribution >= 4 is 22.8 Å². The molecule has 2 aromatic carbocycles. The SMILES string of the molecule is NC(=O)NCc1ccc2ccccc2c1CNC(N)=O. The summed E-state index contributed by atoms with van der Waals surface area (Å²) in [6.45, 7) is 0.600. The van der Waals surface area contributed by atoms with Gasteiger partial charge in [-0.25, -0.2) is 9.59 Å². The van der Waals surface area contributed by atoms with E-state index < -0.39 is 12.1 Å². The van der Waals surface area contributed by atoms with Crippen molar-refractivity contribution in [1.29, 1.82) is 0 Å². The van der Waals surface area contributed by atoms with E-state index in [0.717, 1.165) is 21.9 Å². The molecule has 4 amide bonds. The summed E-state index contributed by atoms with van der Waals surface area (Å²) in [4.78, 5) is 21.7. The third-order valence-electron chi connectivity index (χ3n) is 3.03. The fourth-order valence-electron chi connectivity index (χ4n) is 2.11. The lowest BCUT2D eigenvalue weighted by Gasteiger charge is -2.13. The van der Waals surface area contributed by atoms with Gasteiger partial charge < -0.3 is 22.1 Å². The van der Waals surface area contributed by atoms with Gasteiger partial charge in [-0.3, -0.25) is 0 Å². The quantitative estimate of drug-likeness (QED) is 0.670. The Hall–Kier alpha value is -2.76. The molecule has 0 unspecified atom stereocenters. The minimum absolute atomic E-state index is 0.298. The van der Waals surface area contributed by atoms with Gasteiger partial charge in [0.05, 0.1) is 0 Å². The smallest absolute Gasteiger partial charge is 0.312 e. The minimum atomic E-state index is -0.591. The number of hydrogen-bond donors (Lipinski definition) is 4. The molecule has 6 heteroatoms. The maximum absolute atomic E-state index is 10.9. The van der Waals surface area contributed by atoms with Crippen molar-refractivity contribution in [3.8, 4) is 0 Å². The van der Waals surface area contributed by atoms with Crippen LogP contribution in [0.5, 0.6) is 0 Å². The third-order valence-corrected chi connectivity index (χ3v) is 3.03. The Morgan fingerprint density at radius 1 is 0.900 bits per heavy atom. The summed E-state index contributed by atoms with van der Waals surface area (Å²) in [7, 11) is 0. The molecule has 0 heterocycles. The van der Waals surface area contributed by atoms with Gasteiger partial charge >= 0.3 is 12.1 Å². The highest BCUT2D eigenvalue weighted by Crippen LogP contribution is 2.22. The molecule has 20 heavy (non-hydrogen) atoms. The van der Waals surface area contributed by atoms with Crippen LogP contribution in [0.3, 0.4) is 0 Å². The molecule has 0 aliphatic rings. The summed E-state index contributed by atoms with van der Waals surface area (Å²) < 4.78 is 0. The van der Waals surface area contributed by atoms with Crippen molar-refractivity contribution in [2.45, 2.75) is 13.1 Å². The highest BCUT2D eigenvalue weighted by Gasteiger charge is 2.08. The molecule has 0 aromatic heterocycles. The zero-order valence-corrected chi connectivity index (χ0v) is 10.8. The standard InChI is InChI=1S/C14H16N4O2/c15-13(19)17-7-10-6-5-9-3-1-2-4-11(9)12(10)8-18-14(16)20/h1-6H,7-8H2,(H3,15,17,19)(H3,16,18,20). The van der Waals surface area contributed by atoms with Gasteiger partial charge in [0.2, 0.25) is 0 Å². The molecule has 0 spiro atoms. The largest absolute Gasteiger partial charge is 0.352 e. The monoisotopic (exact) mass is 272 g/mol.